The molecule has 1 fully saturated rings. The number of likely N-dealkylation sites (tertiary alicyclic amines) is 1. The van der Waals surface area contributed by atoms with Crippen molar-refractivity contribution in [3.05, 3.63) is 11.6 Å². The summed E-state index contributed by atoms with van der Waals surface area (Å²) in [5.41, 5.74) is 0.206. The molecule has 1 rings (SSSR count). The predicted octanol–water partition coefficient (Wildman–Crippen LogP) is 4.07. The molecule has 4 atom stereocenters. The Bertz CT molecular complexity index is 689. The van der Waals surface area contributed by atoms with Crippen LogP contribution < -0.4 is 5.32 Å². The Morgan fingerprint density at radius 1 is 1.12 bits per heavy atom. The molecule has 0 radical (unpaired) electrons. The molecule has 1 aliphatic rings. The van der Waals surface area contributed by atoms with Crippen LogP contribution in [0.1, 0.15) is 87.0 Å². The fraction of sp³-hybridized carbons (Fsp3) is 0.808. The van der Waals surface area contributed by atoms with Gasteiger partial charge in [0.1, 0.15) is 6.04 Å². The smallest absolute Gasteiger partial charge is 0.331 e. The van der Waals surface area contributed by atoms with E-state index >= 15 is 0 Å². The number of aliphatic carboxylic acids is 1. The van der Waals surface area contributed by atoms with Crippen molar-refractivity contribution in [3.8, 4) is 0 Å². The second-order valence-corrected chi connectivity index (χ2v) is 10.3. The fourth-order valence-electron chi connectivity index (χ4n) is 4.64. The minimum absolute atomic E-state index is 0.0324. The number of unbranched alkanes of at least 4 members (excludes halogenated alkanes) is 1. The van der Waals surface area contributed by atoms with E-state index < -0.39 is 12.0 Å². The van der Waals surface area contributed by atoms with Gasteiger partial charge in [0, 0.05) is 18.7 Å². The maximum atomic E-state index is 13.5. The third-order valence-electron chi connectivity index (χ3n) is 6.85. The molecule has 33 heavy (non-hydrogen) atoms. The van der Waals surface area contributed by atoms with E-state index in [-0.39, 0.29) is 41.3 Å². The summed E-state index contributed by atoms with van der Waals surface area (Å²) in [5.74, 6) is -1.31. The summed E-state index contributed by atoms with van der Waals surface area (Å²) < 4.78 is 0. The molecule has 0 saturated carbocycles. The summed E-state index contributed by atoms with van der Waals surface area (Å²) in [6.07, 6.45) is 7.91. The molecule has 7 heteroatoms. The highest BCUT2D eigenvalue weighted by atomic mass is 16.4. The summed E-state index contributed by atoms with van der Waals surface area (Å²) in [5, 5.41) is 12.4. The molecule has 0 bridgehead atoms. The van der Waals surface area contributed by atoms with Gasteiger partial charge in [-0.2, -0.15) is 0 Å². The number of carbonyl (C=O) groups excluding carboxylic acids is 2. The summed E-state index contributed by atoms with van der Waals surface area (Å²) in [4.78, 5) is 42.1. The number of carbonyl (C=O) groups is 3. The first-order valence-corrected chi connectivity index (χ1v) is 12.7. The van der Waals surface area contributed by atoms with Crippen LogP contribution in [-0.2, 0) is 14.4 Å². The van der Waals surface area contributed by atoms with Gasteiger partial charge in [-0.15, -0.1) is 0 Å². The molecule has 0 aromatic heterocycles. The predicted molar refractivity (Wildman–Crippen MR) is 133 cm³/mol. The SMILES string of the molecule is CCCCC(C)N1CCCCC1C(=O)NC(C(=O)N(C)[C@H](/C=C(\C)C(=O)O)C(C)C)C(C)C. The van der Waals surface area contributed by atoms with Crippen LogP contribution in [-0.4, -0.2) is 70.4 Å². The number of rotatable bonds is 12. The van der Waals surface area contributed by atoms with Crippen LogP contribution in [0.2, 0.25) is 0 Å². The number of hydrogen-bond donors (Lipinski definition) is 2. The van der Waals surface area contributed by atoms with Crippen LogP contribution in [0.25, 0.3) is 0 Å². The van der Waals surface area contributed by atoms with E-state index in [0.29, 0.717) is 6.04 Å². The molecular weight excluding hydrogens is 418 g/mol. The van der Waals surface area contributed by atoms with E-state index in [1.54, 1.807) is 18.0 Å². The minimum Gasteiger partial charge on any atom is -0.478 e. The van der Waals surface area contributed by atoms with Crippen molar-refractivity contribution in [1.82, 2.24) is 15.1 Å². The average molecular weight is 466 g/mol. The van der Waals surface area contributed by atoms with E-state index in [9.17, 15) is 19.5 Å². The number of nitrogens with one attached hydrogen (secondary N) is 1. The van der Waals surface area contributed by atoms with Gasteiger partial charge in [0.15, 0.2) is 0 Å². The highest BCUT2D eigenvalue weighted by molar-refractivity contribution is 5.90. The highest BCUT2D eigenvalue weighted by Gasteiger charge is 2.36. The van der Waals surface area contributed by atoms with E-state index in [1.807, 2.05) is 27.7 Å². The average Bonchev–Trinajstić information content (AvgIpc) is 2.77. The Hall–Kier alpha value is -1.89. The molecule has 2 amide bonds. The zero-order valence-electron chi connectivity index (χ0n) is 22.1. The second-order valence-electron chi connectivity index (χ2n) is 10.3. The maximum absolute atomic E-state index is 13.5. The first kappa shape index (κ1) is 29.1. The van der Waals surface area contributed by atoms with Crippen LogP contribution in [0.5, 0.6) is 0 Å². The van der Waals surface area contributed by atoms with Gasteiger partial charge in [0.05, 0.1) is 12.1 Å². The lowest BCUT2D eigenvalue weighted by atomic mass is 9.95. The molecule has 0 spiro atoms. The quantitative estimate of drug-likeness (QED) is 0.424. The van der Waals surface area contributed by atoms with Crippen LogP contribution in [0.15, 0.2) is 11.6 Å². The lowest BCUT2D eigenvalue weighted by molar-refractivity contribution is -0.140. The van der Waals surface area contributed by atoms with Crippen molar-refractivity contribution in [2.45, 2.75) is 111 Å². The highest BCUT2D eigenvalue weighted by Crippen LogP contribution is 2.23. The van der Waals surface area contributed by atoms with Crippen molar-refractivity contribution < 1.29 is 19.5 Å². The Labute approximate surface area is 201 Å². The van der Waals surface area contributed by atoms with E-state index in [2.05, 4.69) is 24.1 Å². The molecule has 1 saturated heterocycles. The molecule has 1 heterocycles. The maximum Gasteiger partial charge on any atom is 0.331 e. The Morgan fingerprint density at radius 3 is 2.27 bits per heavy atom. The van der Waals surface area contributed by atoms with Crippen LogP contribution in [0.4, 0.5) is 0 Å². The molecule has 0 aromatic rings. The normalized spacial score (nSPS) is 20.4. The molecule has 7 nitrogen and oxygen atoms in total. The first-order chi connectivity index (χ1) is 15.4. The van der Waals surface area contributed by atoms with Gasteiger partial charge < -0.3 is 15.3 Å². The molecule has 0 aromatic carbocycles. The molecular formula is C26H47N3O4. The van der Waals surface area contributed by atoms with Crippen molar-refractivity contribution in [2.24, 2.45) is 11.8 Å². The number of nitrogens with zero attached hydrogens (tertiary/aromatic N) is 2. The molecule has 2 N–H and O–H groups in total. The zero-order valence-corrected chi connectivity index (χ0v) is 22.1. The van der Waals surface area contributed by atoms with Crippen LogP contribution in [0.3, 0.4) is 0 Å². The molecule has 0 aliphatic carbocycles. The summed E-state index contributed by atoms with van der Waals surface area (Å²) >= 11 is 0. The van der Waals surface area contributed by atoms with Crippen molar-refractivity contribution in [1.29, 1.82) is 0 Å². The standard InChI is InChI=1S/C26H47N3O4/c1-9-10-13-20(7)29-15-12-11-14-21(29)24(30)27-23(18(4)5)25(31)28(8)22(17(2)3)16-19(6)26(32)33/h16-18,20-23H,9-15H2,1-8H3,(H,27,30)(H,32,33)/b19-16+/t20?,21?,22-,23?/m1/s1. The Balaban J connectivity index is 3.04. The van der Waals surface area contributed by atoms with Crippen molar-refractivity contribution in [2.75, 3.05) is 13.6 Å². The number of hydrogen-bond acceptors (Lipinski definition) is 4. The number of likely N-dealkylation sites (N-methyl/N-ethyl adjacent to an activating group) is 1. The summed E-state index contributed by atoms with van der Waals surface area (Å²) in [6, 6.07) is -0.893. The van der Waals surface area contributed by atoms with Gasteiger partial charge in [0.25, 0.3) is 0 Å². The van der Waals surface area contributed by atoms with Gasteiger partial charge in [-0.1, -0.05) is 60.0 Å². The molecule has 190 valence electrons. The van der Waals surface area contributed by atoms with Gasteiger partial charge in [-0.25, -0.2) is 4.79 Å². The first-order valence-electron chi connectivity index (χ1n) is 12.7. The van der Waals surface area contributed by atoms with Crippen LogP contribution in [0, 0.1) is 11.8 Å². The summed E-state index contributed by atoms with van der Waals surface area (Å²) in [7, 11) is 1.69. The minimum atomic E-state index is -0.996. The third-order valence-corrected chi connectivity index (χ3v) is 6.85. The number of carboxylic acids is 1. The van der Waals surface area contributed by atoms with Gasteiger partial charge in [-0.3, -0.25) is 14.5 Å². The van der Waals surface area contributed by atoms with E-state index in [4.69, 9.17) is 0 Å². The van der Waals surface area contributed by atoms with Gasteiger partial charge >= 0.3 is 5.97 Å². The molecule has 1 aliphatic heterocycles. The Kier molecular flexibility index (Phi) is 12.1. The second kappa shape index (κ2) is 13.7. The van der Waals surface area contributed by atoms with Gasteiger partial charge in [-0.05, 0) is 51.5 Å². The van der Waals surface area contributed by atoms with Gasteiger partial charge in [0.2, 0.25) is 11.8 Å². The van der Waals surface area contributed by atoms with Crippen LogP contribution >= 0.6 is 0 Å². The number of amides is 2. The summed E-state index contributed by atoms with van der Waals surface area (Å²) in [6.45, 7) is 14.6. The Morgan fingerprint density at radius 2 is 1.76 bits per heavy atom. The largest absolute Gasteiger partial charge is 0.478 e. The fourth-order valence-corrected chi connectivity index (χ4v) is 4.64. The molecule has 3 unspecified atom stereocenters. The number of piperidine rings is 1. The lowest BCUT2D eigenvalue weighted by Gasteiger charge is -2.40. The third kappa shape index (κ3) is 8.43. The van der Waals surface area contributed by atoms with E-state index in [0.717, 1.165) is 45.1 Å². The van der Waals surface area contributed by atoms with Crippen molar-refractivity contribution in [3.63, 3.8) is 0 Å². The topological polar surface area (TPSA) is 90.0 Å². The van der Waals surface area contributed by atoms with E-state index in [1.165, 1.54) is 6.92 Å². The lowest BCUT2D eigenvalue weighted by Crippen LogP contribution is -2.59. The zero-order chi connectivity index (χ0) is 25.3. The van der Waals surface area contributed by atoms with Crippen molar-refractivity contribution >= 4 is 17.8 Å². The monoisotopic (exact) mass is 465 g/mol. The number of carboxylic acid groups (broad SMARTS) is 1.